The van der Waals surface area contributed by atoms with Crippen molar-refractivity contribution in [3.05, 3.63) is 0 Å². The van der Waals surface area contributed by atoms with Crippen LogP contribution in [-0.4, -0.2) is 96.7 Å². The van der Waals surface area contributed by atoms with Crippen molar-refractivity contribution in [1.82, 2.24) is 0 Å². The fourth-order valence-electron chi connectivity index (χ4n) is 9.75. The average molecular weight is 1260 g/mol. The number of carbonyl (C=O) groups excluding carboxylic acids is 4. The summed E-state index contributed by atoms with van der Waals surface area (Å²) in [7, 11) is -9.89. The van der Waals surface area contributed by atoms with Gasteiger partial charge < -0.3 is 33.8 Å². The van der Waals surface area contributed by atoms with Crippen LogP contribution in [0, 0.1) is 23.7 Å². The van der Waals surface area contributed by atoms with Crippen LogP contribution in [0.2, 0.25) is 0 Å². The van der Waals surface area contributed by atoms with Gasteiger partial charge >= 0.3 is 39.5 Å². The van der Waals surface area contributed by atoms with E-state index in [1.165, 1.54) is 109 Å². The van der Waals surface area contributed by atoms with Crippen LogP contribution in [0.15, 0.2) is 0 Å². The number of phosphoric ester groups is 2. The molecule has 0 amide bonds. The zero-order chi connectivity index (χ0) is 63.2. The molecule has 0 aromatic heterocycles. The number of phosphoric acid groups is 2. The summed E-state index contributed by atoms with van der Waals surface area (Å²) < 4.78 is 68.0. The van der Waals surface area contributed by atoms with Gasteiger partial charge in [-0.05, 0) is 49.4 Å². The molecule has 19 heteroatoms. The molecule has 0 bridgehead atoms. The zero-order valence-electron chi connectivity index (χ0n) is 55.2. The topological polar surface area (TPSA) is 237 Å². The molecule has 0 saturated heterocycles. The normalized spacial score (nSPS) is 14.7. The van der Waals surface area contributed by atoms with Crippen LogP contribution >= 0.6 is 15.6 Å². The van der Waals surface area contributed by atoms with Gasteiger partial charge in [-0.1, -0.05) is 267 Å². The lowest BCUT2D eigenvalue weighted by molar-refractivity contribution is -0.161. The molecule has 0 aliphatic carbocycles. The van der Waals surface area contributed by atoms with Crippen LogP contribution in [0.4, 0.5) is 0 Å². The van der Waals surface area contributed by atoms with Gasteiger partial charge in [0.2, 0.25) is 0 Å². The molecule has 3 unspecified atom stereocenters. The monoisotopic (exact) mass is 1250 g/mol. The first-order valence-electron chi connectivity index (χ1n) is 34.2. The fraction of sp³-hybridized carbons (Fsp3) is 0.939. The minimum Gasteiger partial charge on any atom is -0.462 e. The Morgan fingerprint density at radius 2 is 0.565 bits per heavy atom. The number of esters is 4. The van der Waals surface area contributed by atoms with E-state index in [2.05, 4.69) is 55.4 Å². The number of hydrogen-bond acceptors (Lipinski definition) is 15. The van der Waals surface area contributed by atoms with Crippen molar-refractivity contribution < 1.29 is 80.2 Å². The second kappa shape index (κ2) is 56.1. The van der Waals surface area contributed by atoms with Gasteiger partial charge in [0.05, 0.1) is 26.4 Å². The summed E-state index contributed by atoms with van der Waals surface area (Å²) in [4.78, 5) is 72.3. The lowest BCUT2D eigenvalue weighted by Crippen LogP contribution is -2.30. The quantitative estimate of drug-likeness (QED) is 0.0222. The lowest BCUT2D eigenvalue weighted by atomic mass is 10.00. The van der Waals surface area contributed by atoms with Crippen LogP contribution in [-0.2, 0) is 65.4 Å². The Hall–Kier alpha value is -1.94. The van der Waals surface area contributed by atoms with Crippen molar-refractivity contribution in [2.75, 3.05) is 39.6 Å². The minimum atomic E-state index is -4.95. The van der Waals surface area contributed by atoms with Crippen molar-refractivity contribution in [3.63, 3.8) is 0 Å². The first-order chi connectivity index (χ1) is 40.6. The number of rotatable bonds is 63. The molecular formula is C66H128O17P2. The van der Waals surface area contributed by atoms with Crippen molar-refractivity contribution in [2.45, 2.75) is 337 Å². The van der Waals surface area contributed by atoms with Crippen LogP contribution < -0.4 is 0 Å². The average Bonchev–Trinajstić information content (AvgIpc) is 3.53. The Labute approximate surface area is 517 Å². The third-order valence-electron chi connectivity index (χ3n) is 15.4. The summed E-state index contributed by atoms with van der Waals surface area (Å²) in [5, 5.41) is 10.5. The highest BCUT2D eigenvalue weighted by Gasteiger charge is 2.30. The Morgan fingerprint density at radius 1 is 0.329 bits per heavy atom. The molecule has 0 rings (SSSR count). The van der Waals surface area contributed by atoms with Crippen LogP contribution in [0.1, 0.15) is 319 Å². The standard InChI is InChI=1S/C66H128O17P2/c1-9-59(8)45-37-29-23-25-33-41-49-66(71)83-62(53-77-64(69)47-39-31-24-22-28-36-44-58(6)7)55-81-85(74,75)79-51-60(67)50-78-84(72,73)80-54-61(52-76-63(68)46-38-30-21-17-19-27-35-43-57(4)5)82-65(70)48-40-32-20-16-14-12-10-11-13-15-18-26-34-42-56(2)3/h56-62,67H,9-55H2,1-8H3,(H,72,73)(H,74,75)/t59?,60-,61-,62-/m1/s1. The van der Waals surface area contributed by atoms with E-state index in [1.807, 2.05) is 0 Å². The smallest absolute Gasteiger partial charge is 0.462 e. The van der Waals surface area contributed by atoms with Gasteiger partial charge in [0.1, 0.15) is 19.3 Å². The van der Waals surface area contributed by atoms with E-state index in [9.17, 15) is 43.2 Å². The minimum absolute atomic E-state index is 0.101. The van der Waals surface area contributed by atoms with E-state index < -0.39 is 97.5 Å². The molecule has 17 nitrogen and oxygen atoms in total. The van der Waals surface area contributed by atoms with E-state index in [1.54, 1.807) is 0 Å². The van der Waals surface area contributed by atoms with E-state index in [0.717, 1.165) is 115 Å². The van der Waals surface area contributed by atoms with Crippen molar-refractivity contribution in [2.24, 2.45) is 23.7 Å². The van der Waals surface area contributed by atoms with E-state index in [-0.39, 0.29) is 25.7 Å². The molecule has 0 fully saturated rings. The maximum absolute atomic E-state index is 13.0. The zero-order valence-corrected chi connectivity index (χ0v) is 57.0. The molecule has 0 heterocycles. The van der Waals surface area contributed by atoms with Gasteiger partial charge in [-0.2, -0.15) is 0 Å². The Balaban J connectivity index is 5.23. The molecule has 0 aromatic carbocycles. The first-order valence-corrected chi connectivity index (χ1v) is 37.2. The van der Waals surface area contributed by atoms with E-state index >= 15 is 0 Å². The fourth-order valence-corrected chi connectivity index (χ4v) is 11.3. The SMILES string of the molecule is CCC(C)CCCCCCCCC(=O)O[C@H](COC(=O)CCCCCCCCC(C)C)COP(=O)(O)OC[C@H](O)COP(=O)(O)OC[C@@H](COC(=O)CCCCCCCCCC(C)C)OC(=O)CCCCCCCCCCCCCCCC(C)C. The number of carbonyl (C=O) groups is 4. The second-order valence-corrected chi connectivity index (χ2v) is 28.4. The number of hydrogen-bond donors (Lipinski definition) is 3. The molecule has 0 aliphatic heterocycles. The first kappa shape index (κ1) is 83.1. The molecule has 0 aromatic rings. The maximum Gasteiger partial charge on any atom is 0.472 e. The third-order valence-corrected chi connectivity index (χ3v) is 17.3. The molecule has 0 aliphatic rings. The molecule has 0 radical (unpaired) electrons. The number of aliphatic hydroxyl groups is 1. The Morgan fingerprint density at radius 3 is 0.835 bits per heavy atom. The van der Waals surface area contributed by atoms with Crippen LogP contribution in [0.5, 0.6) is 0 Å². The van der Waals surface area contributed by atoms with E-state index in [0.29, 0.717) is 37.5 Å². The van der Waals surface area contributed by atoms with E-state index in [4.69, 9.17) is 37.0 Å². The second-order valence-electron chi connectivity index (χ2n) is 25.5. The Kier molecular flexibility index (Phi) is 54.8. The summed E-state index contributed by atoms with van der Waals surface area (Å²) in [6.07, 6.45) is 36.5. The predicted molar refractivity (Wildman–Crippen MR) is 340 cm³/mol. The Bertz CT molecular complexity index is 1700. The highest BCUT2D eigenvalue weighted by molar-refractivity contribution is 7.47. The van der Waals surface area contributed by atoms with Crippen molar-refractivity contribution >= 4 is 39.5 Å². The molecule has 0 saturated carbocycles. The molecule has 3 N–H and O–H groups in total. The van der Waals surface area contributed by atoms with Gasteiger partial charge in [-0.15, -0.1) is 0 Å². The molecule has 85 heavy (non-hydrogen) atoms. The van der Waals surface area contributed by atoms with Gasteiger partial charge in [-0.3, -0.25) is 37.3 Å². The van der Waals surface area contributed by atoms with Gasteiger partial charge in [-0.25, -0.2) is 9.13 Å². The summed E-state index contributed by atoms with van der Waals surface area (Å²) >= 11 is 0. The number of ether oxygens (including phenoxy) is 4. The highest BCUT2D eigenvalue weighted by Crippen LogP contribution is 2.45. The largest absolute Gasteiger partial charge is 0.472 e. The number of aliphatic hydroxyl groups excluding tert-OH is 1. The molecule has 0 spiro atoms. The van der Waals surface area contributed by atoms with Gasteiger partial charge in [0.15, 0.2) is 12.2 Å². The predicted octanol–water partition coefficient (Wildman–Crippen LogP) is 18.1. The summed E-state index contributed by atoms with van der Waals surface area (Å²) in [5.74, 6) is 0.751. The summed E-state index contributed by atoms with van der Waals surface area (Å²) in [6.45, 7) is 13.9. The summed E-state index contributed by atoms with van der Waals surface area (Å²) in [6, 6.07) is 0. The molecule has 6 atom stereocenters. The highest BCUT2D eigenvalue weighted by atomic mass is 31.2. The van der Waals surface area contributed by atoms with Crippen LogP contribution in [0.3, 0.4) is 0 Å². The number of unbranched alkanes of at least 4 members (excludes halogenated alkanes) is 28. The summed E-state index contributed by atoms with van der Waals surface area (Å²) in [5.41, 5.74) is 0. The van der Waals surface area contributed by atoms with Gasteiger partial charge in [0.25, 0.3) is 0 Å². The molecule has 504 valence electrons. The van der Waals surface area contributed by atoms with Crippen molar-refractivity contribution in [1.29, 1.82) is 0 Å². The maximum atomic E-state index is 13.0. The third kappa shape index (κ3) is 59.5. The molecular weight excluding hydrogens is 1130 g/mol. The van der Waals surface area contributed by atoms with Crippen LogP contribution in [0.25, 0.3) is 0 Å². The van der Waals surface area contributed by atoms with Crippen molar-refractivity contribution in [3.8, 4) is 0 Å². The van der Waals surface area contributed by atoms with Gasteiger partial charge in [0, 0.05) is 25.7 Å². The lowest BCUT2D eigenvalue weighted by Gasteiger charge is -2.21.